The summed E-state index contributed by atoms with van der Waals surface area (Å²) in [7, 11) is 0. The first-order valence-electron chi connectivity index (χ1n) is 10.1. The summed E-state index contributed by atoms with van der Waals surface area (Å²) in [5, 5.41) is 0. The average Bonchev–Trinajstić information content (AvgIpc) is 3.18. The molecular weight excluding hydrogens is 354 g/mol. The first-order valence-corrected chi connectivity index (χ1v) is 10.1. The Morgan fingerprint density at radius 2 is 1.96 bits per heavy atom. The Kier molecular flexibility index (Phi) is 4.74. The van der Waals surface area contributed by atoms with Crippen molar-refractivity contribution in [3.05, 3.63) is 54.4 Å². The molecule has 1 amide bonds. The lowest BCUT2D eigenvalue weighted by atomic mass is 10.0. The van der Waals surface area contributed by atoms with Gasteiger partial charge < -0.3 is 14.4 Å². The molecule has 4 heterocycles. The lowest BCUT2D eigenvalue weighted by molar-refractivity contribution is -0.124. The van der Waals surface area contributed by atoms with Gasteiger partial charge in [-0.1, -0.05) is 18.2 Å². The number of hydrogen-bond donors (Lipinski definition) is 0. The lowest BCUT2D eigenvalue weighted by Crippen LogP contribution is -2.50. The first-order chi connectivity index (χ1) is 13.8. The third-order valence-electron chi connectivity index (χ3n) is 6.03. The fourth-order valence-electron chi connectivity index (χ4n) is 4.67. The molecule has 2 fully saturated rings. The van der Waals surface area contributed by atoms with Gasteiger partial charge in [-0.05, 0) is 36.6 Å². The van der Waals surface area contributed by atoms with Crippen molar-refractivity contribution in [1.82, 2.24) is 9.88 Å². The average molecular weight is 379 g/mol. The quantitative estimate of drug-likeness (QED) is 0.821. The minimum atomic E-state index is -0.141. The van der Waals surface area contributed by atoms with E-state index in [9.17, 15) is 4.79 Å². The zero-order chi connectivity index (χ0) is 18.9. The van der Waals surface area contributed by atoms with Gasteiger partial charge in [-0.25, -0.2) is 0 Å². The lowest BCUT2D eigenvalue weighted by Gasteiger charge is -2.36. The van der Waals surface area contributed by atoms with Crippen LogP contribution in [0.2, 0.25) is 0 Å². The Bertz CT molecular complexity index is 838. The molecule has 1 aromatic heterocycles. The Morgan fingerprint density at radius 3 is 2.79 bits per heavy atom. The van der Waals surface area contributed by atoms with Gasteiger partial charge in [0.15, 0.2) is 0 Å². The number of ether oxygens (including phenoxy) is 2. The molecule has 0 spiro atoms. The topological polar surface area (TPSA) is 54.9 Å². The Labute approximate surface area is 165 Å². The van der Waals surface area contributed by atoms with E-state index >= 15 is 0 Å². The van der Waals surface area contributed by atoms with Gasteiger partial charge in [-0.3, -0.25) is 14.7 Å². The van der Waals surface area contributed by atoms with Gasteiger partial charge >= 0.3 is 0 Å². The van der Waals surface area contributed by atoms with E-state index in [1.165, 1.54) is 0 Å². The highest BCUT2D eigenvalue weighted by Gasteiger charge is 2.45. The van der Waals surface area contributed by atoms with Crippen molar-refractivity contribution >= 4 is 11.6 Å². The predicted octanol–water partition coefficient (Wildman–Crippen LogP) is 2.63. The normalized spacial score (nSPS) is 25.7. The summed E-state index contributed by atoms with van der Waals surface area (Å²) >= 11 is 0. The van der Waals surface area contributed by atoms with Crippen LogP contribution >= 0.6 is 0 Å². The second-order valence-electron chi connectivity index (χ2n) is 7.79. The molecule has 3 aliphatic rings. The number of anilines is 1. The molecule has 6 nitrogen and oxygen atoms in total. The van der Waals surface area contributed by atoms with Crippen molar-refractivity contribution in [3.63, 3.8) is 0 Å². The highest BCUT2D eigenvalue weighted by atomic mass is 16.5. The molecule has 2 atom stereocenters. The zero-order valence-electron chi connectivity index (χ0n) is 15.9. The molecule has 0 saturated carbocycles. The highest BCUT2D eigenvalue weighted by molar-refractivity contribution is 5.99. The molecule has 0 aliphatic carbocycles. The number of likely N-dealkylation sites (tertiary alicyclic amines) is 1. The summed E-state index contributed by atoms with van der Waals surface area (Å²) in [5.41, 5.74) is 1.86. The second kappa shape index (κ2) is 7.53. The number of benzene rings is 1. The Hall–Kier alpha value is -2.44. The van der Waals surface area contributed by atoms with Gasteiger partial charge in [0.05, 0.1) is 18.3 Å². The first kappa shape index (κ1) is 17.6. The molecular formula is C22H25N3O3. The van der Waals surface area contributed by atoms with Gasteiger partial charge in [0.1, 0.15) is 11.9 Å². The van der Waals surface area contributed by atoms with Gasteiger partial charge in [0, 0.05) is 44.6 Å². The molecule has 0 unspecified atom stereocenters. The van der Waals surface area contributed by atoms with E-state index in [4.69, 9.17) is 9.47 Å². The maximum Gasteiger partial charge on any atom is 0.244 e. The van der Waals surface area contributed by atoms with Crippen molar-refractivity contribution in [2.45, 2.75) is 44.0 Å². The third-order valence-corrected chi connectivity index (χ3v) is 6.03. The minimum Gasteiger partial charge on any atom is -0.487 e. The summed E-state index contributed by atoms with van der Waals surface area (Å²) in [6.07, 6.45) is 6.33. The van der Waals surface area contributed by atoms with Crippen molar-refractivity contribution in [3.8, 4) is 5.75 Å². The monoisotopic (exact) mass is 379 g/mol. The van der Waals surface area contributed by atoms with E-state index in [2.05, 4.69) is 9.88 Å². The number of carbonyl (C=O) groups is 1. The van der Waals surface area contributed by atoms with E-state index in [0.29, 0.717) is 12.6 Å². The van der Waals surface area contributed by atoms with Gasteiger partial charge in [0.25, 0.3) is 0 Å². The summed E-state index contributed by atoms with van der Waals surface area (Å²) in [4.78, 5) is 22.2. The number of amides is 1. The molecule has 146 valence electrons. The number of pyridine rings is 1. The molecule has 1 aromatic carbocycles. The number of nitrogens with zero attached hydrogens (tertiary/aromatic N) is 3. The molecule has 2 bridgehead atoms. The van der Waals surface area contributed by atoms with Crippen molar-refractivity contribution in [1.29, 1.82) is 0 Å². The van der Waals surface area contributed by atoms with Crippen LogP contribution < -0.4 is 9.64 Å². The van der Waals surface area contributed by atoms with Crippen LogP contribution in [-0.4, -0.2) is 53.7 Å². The minimum absolute atomic E-state index is 0.0542. The molecule has 2 saturated heterocycles. The van der Waals surface area contributed by atoms with Crippen LogP contribution in [0.15, 0.2) is 48.8 Å². The number of carbonyl (C=O) groups excluding carboxylic acids is 1. The van der Waals surface area contributed by atoms with Gasteiger partial charge in [-0.2, -0.15) is 0 Å². The number of para-hydroxylation sites is 2. The second-order valence-corrected chi connectivity index (χ2v) is 7.79. The van der Waals surface area contributed by atoms with Crippen molar-refractivity contribution in [2.24, 2.45) is 0 Å². The molecule has 0 radical (unpaired) electrons. The molecule has 3 aliphatic heterocycles. The molecule has 28 heavy (non-hydrogen) atoms. The van der Waals surface area contributed by atoms with E-state index in [1.54, 1.807) is 6.20 Å². The zero-order valence-corrected chi connectivity index (χ0v) is 15.9. The van der Waals surface area contributed by atoms with Crippen LogP contribution in [0.3, 0.4) is 0 Å². The largest absolute Gasteiger partial charge is 0.487 e. The summed E-state index contributed by atoms with van der Waals surface area (Å²) in [6.45, 7) is 2.84. The van der Waals surface area contributed by atoms with E-state index in [1.807, 2.05) is 47.5 Å². The fraction of sp³-hybridized carbons (Fsp3) is 0.455. The summed E-state index contributed by atoms with van der Waals surface area (Å²) < 4.78 is 11.9. The van der Waals surface area contributed by atoms with Gasteiger partial charge in [0.2, 0.25) is 5.91 Å². The smallest absolute Gasteiger partial charge is 0.244 e. The third kappa shape index (κ3) is 3.27. The number of rotatable bonds is 3. The molecule has 2 aromatic rings. The van der Waals surface area contributed by atoms with Crippen LogP contribution in [0.25, 0.3) is 0 Å². The number of hydrogen-bond acceptors (Lipinski definition) is 5. The fourth-order valence-corrected chi connectivity index (χ4v) is 4.67. The molecule has 6 heteroatoms. The summed E-state index contributed by atoms with van der Waals surface area (Å²) in [5.74, 6) is 0.950. The standard InChI is InChI=1S/C22H25N3O3/c26-22-20-12-18(15-24(20)17-7-10-27-11-8-17)28-21-6-2-1-5-19(21)25(22)14-16-4-3-9-23-13-16/h1-6,9,13,17-18,20H,7-8,10-12,14-15H2/t18-,20-/m0/s1. The number of aromatic nitrogens is 1. The van der Waals surface area contributed by atoms with Gasteiger partial charge in [-0.15, -0.1) is 0 Å². The van der Waals surface area contributed by atoms with Crippen LogP contribution in [-0.2, 0) is 16.1 Å². The maximum absolute atomic E-state index is 13.8. The highest BCUT2D eigenvalue weighted by Crippen LogP contribution is 2.38. The Balaban J connectivity index is 1.50. The van der Waals surface area contributed by atoms with E-state index in [0.717, 1.165) is 56.0 Å². The maximum atomic E-state index is 13.8. The van der Waals surface area contributed by atoms with Crippen LogP contribution in [0, 0.1) is 0 Å². The summed E-state index contributed by atoms with van der Waals surface area (Å²) in [6, 6.07) is 12.0. The predicted molar refractivity (Wildman–Crippen MR) is 105 cm³/mol. The van der Waals surface area contributed by atoms with Crippen molar-refractivity contribution < 1.29 is 14.3 Å². The van der Waals surface area contributed by atoms with E-state index < -0.39 is 0 Å². The Morgan fingerprint density at radius 1 is 1.11 bits per heavy atom. The van der Waals surface area contributed by atoms with Crippen LogP contribution in [0.4, 0.5) is 5.69 Å². The van der Waals surface area contributed by atoms with E-state index in [-0.39, 0.29) is 18.1 Å². The van der Waals surface area contributed by atoms with Crippen molar-refractivity contribution in [2.75, 3.05) is 24.7 Å². The van der Waals surface area contributed by atoms with Crippen LogP contribution in [0.1, 0.15) is 24.8 Å². The van der Waals surface area contributed by atoms with Crippen LogP contribution in [0.5, 0.6) is 5.75 Å². The molecule has 5 rings (SSSR count). The molecule has 0 N–H and O–H groups in total. The SMILES string of the molecule is O=C1[C@@H]2C[C@@H](CN2C2CCOCC2)Oc2ccccc2N1Cc1cccnc1. The number of fused-ring (bicyclic) bond motifs is 3.